The van der Waals surface area contributed by atoms with Gasteiger partial charge >= 0.3 is 0 Å². The van der Waals surface area contributed by atoms with Crippen molar-refractivity contribution in [2.24, 2.45) is 5.73 Å². The van der Waals surface area contributed by atoms with Crippen LogP contribution in [0.4, 0.5) is 0 Å². The van der Waals surface area contributed by atoms with Gasteiger partial charge in [-0.25, -0.2) is 4.98 Å². The van der Waals surface area contributed by atoms with Crippen LogP contribution >= 0.6 is 0 Å². The number of nitrogens with one attached hydrogen (secondary N) is 1. The minimum atomic E-state index is 0.572. The zero-order valence-electron chi connectivity index (χ0n) is 8.35. The summed E-state index contributed by atoms with van der Waals surface area (Å²) in [7, 11) is 0. The molecule has 1 aromatic carbocycles. The molecule has 3 heteroatoms. The van der Waals surface area contributed by atoms with Crippen LogP contribution in [0.5, 0.6) is 0 Å². The highest BCUT2D eigenvalue weighted by molar-refractivity contribution is 5.61. The molecule has 0 fully saturated rings. The normalized spacial score (nSPS) is 11.0. The van der Waals surface area contributed by atoms with Gasteiger partial charge in [0.05, 0.1) is 18.2 Å². The van der Waals surface area contributed by atoms with Crippen molar-refractivity contribution < 1.29 is 0 Å². The maximum Gasteiger partial charge on any atom is 0.0924 e. The Bertz CT molecular complexity index is 426. The minimum Gasteiger partial charge on any atom is -0.345 e. The van der Waals surface area contributed by atoms with Crippen LogP contribution in [0.2, 0.25) is 0 Å². The largest absolute Gasteiger partial charge is 0.345 e. The van der Waals surface area contributed by atoms with Crippen LogP contribution in [-0.2, 0) is 0 Å². The third-order valence-corrected chi connectivity index (χ3v) is 2.17. The molecule has 0 radical (unpaired) electrons. The van der Waals surface area contributed by atoms with Gasteiger partial charge in [-0.15, -0.1) is 0 Å². The quantitative estimate of drug-likeness (QED) is 0.794. The summed E-state index contributed by atoms with van der Waals surface area (Å²) >= 11 is 0. The maximum atomic E-state index is 5.38. The van der Waals surface area contributed by atoms with Gasteiger partial charge in [-0.1, -0.05) is 36.4 Å². The van der Waals surface area contributed by atoms with Gasteiger partial charge in [0.1, 0.15) is 0 Å². The predicted molar refractivity (Wildman–Crippen MR) is 62.1 cm³/mol. The average Bonchev–Trinajstić information content (AvgIpc) is 2.80. The number of hydrogen-bond acceptors (Lipinski definition) is 2. The molecule has 15 heavy (non-hydrogen) atoms. The molecule has 1 heterocycles. The molecular formula is C12H13N3. The number of H-pyrrole nitrogens is 1. The van der Waals surface area contributed by atoms with E-state index in [1.54, 1.807) is 6.33 Å². The Hall–Kier alpha value is -1.87. The van der Waals surface area contributed by atoms with Crippen LogP contribution < -0.4 is 5.73 Å². The first-order valence-electron chi connectivity index (χ1n) is 4.85. The fraction of sp³-hybridized carbons (Fsp3) is 0.0833. The van der Waals surface area contributed by atoms with Crippen molar-refractivity contribution in [3.63, 3.8) is 0 Å². The fourth-order valence-electron chi connectivity index (χ4n) is 1.39. The molecule has 0 amide bonds. The highest BCUT2D eigenvalue weighted by Gasteiger charge is 1.96. The van der Waals surface area contributed by atoms with Crippen LogP contribution in [0.25, 0.3) is 17.3 Å². The maximum absolute atomic E-state index is 5.38. The highest BCUT2D eigenvalue weighted by atomic mass is 14.9. The van der Waals surface area contributed by atoms with E-state index in [4.69, 9.17) is 5.73 Å². The molecule has 0 atom stereocenters. The van der Waals surface area contributed by atoms with Gasteiger partial charge in [-0.2, -0.15) is 0 Å². The van der Waals surface area contributed by atoms with Crippen molar-refractivity contribution >= 4 is 6.08 Å². The summed E-state index contributed by atoms with van der Waals surface area (Å²) in [6.07, 6.45) is 7.43. The zero-order valence-corrected chi connectivity index (χ0v) is 8.35. The Morgan fingerprint density at radius 2 is 2.07 bits per heavy atom. The van der Waals surface area contributed by atoms with E-state index in [0.717, 1.165) is 16.8 Å². The molecule has 0 spiro atoms. The number of hydrogen-bond donors (Lipinski definition) is 2. The third kappa shape index (κ3) is 2.33. The second-order valence-corrected chi connectivity index (χ2v) is 3.23. The predicted octanol–water partition coefficient (Wildman–Crippen LogP) is 2.05. The van der Waals surface area contributed by atoms with Crippen molar-refractivity contribution in [1.82, 2.24) is 9.97 Å². The molecule has 3 nitrogen and oxygen atoms in total. The molecule has 0 unspecified atom stereocenters. The van der Waals surface area contributed by atoms with Crippen LogP contribution in [0.3, 0.4) is 0 Å². The molecule has 2 aromatic rings. The molecule has 3 N–H and O–H groups in total. The Kier molecular flexibility index (Phi) is 2.95. The molecule has 2 rings (SSSR count). The first-order valence-corrected chi connectivity index (χ1v) is 4.85. The van der Waals surface area contributed by atoms with Crippen molar-refractivity contribution in [3.05, 3.63) is 48.4 Å². The monoisotopic (exact) mass is 199 g/mol. The van der Waals surface area contributed by atoms with E-state index in [1.165, 1.54) is 0 Å². The number of benzene rings is 1. The second-order valence-electron chi connectivity index (χ2n) is 3.23. The summed E-state index contributed by atoms with van der Waals surface area (Å²) in [4.78, 5) is 7.05. The first-order chi connectivity index (χ1) is 7.40. The number of aromatic nitrogens is 2. The number of aromatic amines is 1. The number of nitrogens with zero attached hydrogens (tertiary/aromatic N) is 1. The average molecular weight is 199 g/mol. The summed E-state index contributed by atoms with van der Waals surface area (Å²) in [6, 6.07) is 8.23. The molecular weight excluding hydrogens is 186 g/mol. The molecule has 0 saturated carbocycles. The second kappa shape index (κ2) is 4.57. The van der Waals surface area contributed by atoms with E-state index in [1.807, 2.05) is 18.3 Å². The standard InChI is InChI=1S/C12H13N3/c13-7-1-2-10-3-5-11(6-4-10)12-8-14-9-15-12/h1-6,8-9H,7,13H2,(H,14,15). The fourth-order valence-corrected chi connectivity index (χ4v) is 1.39. The number of nitrogens with two attached hydrogens (primary N) is 1. The van der Waals surface area contributed by atoms with Crippen LogP contribution in [0.1, 0.15) is 5.56 Å². The molecule has 0 aliphatic carbocycles. The topological polar surface area (TPSA) is 54.7 Å². The van der Waals surface area contributed by atoms with Crippen LogP contribution in [0.15, 0.2) is 42.9 Å². The lowest BCUT2D eigenvalue weighted by atomic mass is 10.1. The Balaban J connectivity index is 2.21. The molecule has 1 aromatic heterocycles. The van der Waals surface area contributed by atoms with Gasteiger partial charge in [0.15, 0.2) is 0 Å². The van der Waals surface area contributed by atoms with Gasteiger partial charge in [0, 0.05) is 6.54 Å². The Morgan fingerprint density at radius 1 is 1.27 bits per heavy atom. The Labute approximate surface area is 88.7 Å². The SMILES string of the molecule is NCC=Cc1ccc(-c2cnc[nH]2)cc1. The lowest BCUT2D eigenvalue weighted by Crippen LogP contribution is -1.91. The summed E-state index contributed by atoms with van der Waals surface area (Å²) in [5.41, 5.74) is 8.71. The molecule has 0 aliphatic heterocycles. The van der Waals surface area contributed by atoms with Crippen molar-refractivity contribution in [2.75, 3.05) is 6.54 Å². The minimum absolute atomic E-state index is 0.572. The van der Waals surface area contributed by atoms with Gasteiger partial charge < -0.3 is 10.7 Å². The van der Waals surface area contributed by atoms with E-state index in [-0.39, 0.29) is 0 Å². The van der Waals surface area contributed by atoms with E-state index < -0.39 is 0 Å². The molecule has 76 valence electrons. The molecule has 0 bridgehead atoms. The molecule has 0 aliphatic rings. The summed E-state index contributed by atoms with van der Waals surface area (Å²) in [5.74, 6) is 0. The van der Waals surface area contributed by atoms with Crippen molar-refractivity contribution in [1.29, 1.82) is 0 Å². The smallest absolute Gasteiger partial charge is 0.0924 e. The van der Waals surface area contributed by atoms with Crippen LogP contribution in [-0.4, -0.2) is 16.5 Å². The lowest BCUT2D eigenvalue weighted by molar-refractivity contribution is 1.26. The lowest BCUT2D eigenvalue weighted by Gasteiger charge is -1.98. The first kappa shape index (κ1) is 9.68. The number of rotatable bonds is 3. The van der Waals surface area contributed by atoms with Crippen LogP contribution in [0, 0.1) is 0 Å². The van der Waals surface area contributed by atoms with E-state index in [0.29, 0.717) is 6.54 Å². The van der Waals surface area contributed by atoms with E-state index >= 15 is 0 Å². The van der Waals surface area contributed by atoms with Gasteiger partial charge in [0.2, 0.25) is 0 Å². The summed E-state index contributed by atoms with van der Waals surface area (Å²) in [6.45, 7) is 0.572. The summed E-state index contributed by atoms with van der Waals surface area (Å²) in [5, 5.41) is 0. The highest BCUT2D eigenvalue weighted by Crippen LogP contribution is 2.16. The molecule has 0 saturated heterocycles. The number of imidazole rings is 1. The summed E-state index contributed by atoms with van der Waals surface area (Å²) < 4.78 is 0. The van der Waals surface area contributed by atoms with Gasteiger partial charge in [0.25, 0.3) is 0 Å². The van der Waals surface area contributed by atoms with Crippen molar-refractivity contribution in [2.45, 2.75) is 0 Å². The Morgan fingerprint density at radius 3 is 2.67 bits per heavy atom. The van der Waals surface area contributed by atoms with Gasteiger partial charge in [-0.3, -0.25) is 0 Å². The third-order valence-electron chi connectivity index (χ3n) is 2.17. The van der Waals surface area contributed by atoms with E-state index in [2.05, 4.69) is 34.2 Å². The van der Waals surface area contributed by atoms with E-state index in [9.17, 15) is 0 Å². The van der Waals surface area contributed by atoms with Gasteiger partial charge in [-0.05, 0) is 11.1 Å². The zero-order chi connectivity index (χ0) is 10.5. The van der Waals surface area contributed by atoms with Crippen molar-refractivity contribution in [3.8, 4) is 11.3 Å².